The molecular weight excluding hydrogens is 296 g/mol. The van der Waals surface area contributed by atoms with Crippen molar-refractivity contribution in [3.8, 4) is 0 Å². The molecule has 0 radical (unpaired) electrons. The second-order valence-electron chi connectivity index (χ2n) is 6.64. The summed E-state index contributed by atoms with van der Waals surface area (Å²) in [6, 6.07) is 5.14. The Kier molecular flexibility index (Phi) is 3.87. The summed E-state index contributed by atoms with van der Waals surface area (Å²) < 4.78 is 0. The first-order valence-electron chi connectivity index (χ1n) is 7.86. The molecule has 0 aromatic carbocycles. The van der Waals surface area contributed by atoms with Crippen LogP contribution >= 0.6 is 0 Å². The number of urea groups is 1. The molecule has 2 N–H and O–H groups in total. The summed E-state index contributed by atoms with van der Waals surface area (Å²) in [7, 11) is 3.76. The van der Waals surface area contributed by atoms with E-state index in [0.29, 0.717) is 18.8 Å². The number of amides is 2. The topological polar surface area (TPSA) is 85.8 Å². The fourth-order valence-corrected chi connectivity index (χ4v) is 3.72. The second kappa shape index (κ2) is 5.72. The molecule has 7 nitrogen and oxygen atoms in total. The molecule has 1 saturated heterocycles. The van der Waals surface area contributed by atoms with Crippen LogP contribution in [0.3, 0.4) is 0 Å². The zero-order valence-corrected chi connectivity index (χ0v) is 13.5. The van der Waals surface area contributed by atoms with Gasteiger partial charge in [-0.3, -0.25) is 10.1 Å². The van der Waals surface area contributed by atoms with Gasteiger partial charge in [-0.25, -0.2) is 9.78 Å². The van der Waals surface area contributed by atoms with Crippen molar-refractivity contribution in [3.63, 3.8) is 0 Å². The predicted octanol–water partition coefficient (Wildman–Crippen LogP) is 1.87. The van der Waals surface area contributed by atoms with Crippen molar-refractivity contribution in [3.05, 3.63) is 18.2 Å². The number of aliphatic carboxylic acids is 1. The van der Waals surface area contributed by atoms with Crippen LogP contribution in [-0.4, -0.2) is 54.2 Å². The van der Waals surface area contributed by atoms with Gasteiger partial charge >= 0.3 is 12.0 Å². The molecular formula is C16H22N4O3. The Morgan fingerprint density at radius 2 is 2.22 bits per heavy atom. The molecule has 2 aliphatic rings. The Morgan fingerprint density at radius 1 is 1.43 bits per heavy atom. The van der Waals surface area contributed by atoms with Gasteiger partial charge in [-0.2, -0.15) is 0 Å². The van der Waals surface area contributed by atoms with Crippen molar-refractivity contribution < 1.29 is 14.7 Å². The Labute approximate surface area is 135 Å². The van der Waals surface area contributed by atoms with Crippen molar-refractivity contribution in [2.24, 2.45) is 11.3 Å². The molecule has 2 heterocycles. The van der Waals surface area contributed by atoms with E-state index < -0.39 is 11.4 Å². The molecule has 124 valence electrons. The van der Waals surface area contributed by atoms with Crippen molar-refractivity contribution in [1.29, 1.82) is 0 Å². The predicted molar refractivity (Wildman–Crippen MR) is 86.6 cm³/mol. The number of likely N-dealkylation sites (tertiary alicyclic amines) is 1. The Hall–Kier alpha value is -2.31. The highest BCUT2D eigenvalue weighted by molar-refractivity contribution is 5.90. The molecule has 2 fully saturated rings. The van der Waals surface area contributed by atoms with Crippen LogP contribution in [0.2, 0.25) is 0 Å². The Balaban J connectivity index is 1.70. The molecule has 23 heavy (non-hydrogen) atoms. The number of nitrogens with one attached hydrogen (secondary N) is 1. The number of hydrogen-bond donors (Lipinski definition) is 2. The van der Waals surface area contributed by atoms with Crippen LogP contribution in [0.4, 0.5) is 16.4 Å². The van der Waals surface area contributed by atoms with E-state index in [1.165, 1.54) is 0 Å². The van der Waals surface area contributed by atoms with Crippen LogP contribution < -0.4 is 10.2 Å². The molecule has 1 aliphatic carbocycles. The summed E-state index contributed by atoms with van der Waals surface area (Å²) in [6.07, 6.45) is 2.47. The van der Waals surface area contributed by atoms with Crippen molar-refractivity contribution in [2.75, 3.05) is 37.4 Å². The lowest BCUT2D eigenvalue weighted by Gasteiger charge is -2.23. The number of aromatic nitrogens is 1. The zero-order chi connectivity index (χ0) is 16.6. The third-order valence-corrected chi connectivity index (χ3v) is 5.01. The van der Waals surface area contributed by atoms with Gasteiger partial charge in [0.2, 0.25) is 0 Å². The highest BCUT2D eigenvalue weighted by Gasteiger charge is 2.55. The zero-order valence-electron chi connectivity index (χ0n) is 13.5. The van der Waals surface area contributed by atoms with E-state index in [0.717, 1.165) is 18.7 Å². The smallest absolute Gasteiger partial charge is 0.323 e. The van der Waals surface area contributed by atoms with Crippen LogP contribution in [0.5, 0.6) is 0 Å². The van der Waals surface area contributed by atoms with E-state index in [4.69, 9.17) is 0 Å². The first-order chi connectivity index (χ1) is 10.9. The fourth-order valence-electron chi connectivity index (χ4n) is 3.72. The third-order valence-electron chi connectivity index (χ3n) is 5.01. The molecule has 7 heteroatoms. The number of carboxylic acids is 1. The normalized spacial score (nSPS) is 26.0. The van der Waals surface area contributed by atoms with Gasteiger partial charge < -0.3 is 14.9 Å². The number of anilines is 2. The monoisotopic (exact) mass is 318 g/mol. The van der Waals surface area contributed by atoms with Crippen LogP contribution in [0.1, 0.15) is 19.3 Å². The highest BCUT2D eigenvalue weighted by Crippen LogP contribution is 2.48. The number of hydrogen-bond acceptors (Lipinski definition) is 4. The van der Waals surface area contributed by atoms with Gasteiger partial charge in [0.05, 0.1) is 5.41 Å². The third kappa shape index (κ3) is 2.71. The lowest BCUT2D eigenvalue weighted by molar-refractivity contribution is -0.149. The van der Waals surface area contributed by atoms with E-state index >= 15 is 0 Å². The average molecular weight is 318 g/mol. The summed E-state index contributed by atoms with van der Waals surface area (Å²) in [5.74, 6) is 0.514. The number of pyridine rings is 1. The average Bonchev–Trinajstić information content (AvgIpc) is 3.05. The molecule has 0 unspecified atom stereocenters. The van der Waals surface area contributed by atoms with E-state index in [-0.39, 0.29) is 18.5 Å². The van der Waals surface area contributed by atoms with Gasteiger partial charge in [-0.15, -0.1) is 0 Å². The largest absolute Gasteiger partial charge is 0.481 e. The molecule has 3 rings (SSSR count). The molecule has 0 spiro atoms. The lowest BCUT2D eigenvalue weighted by Crippen LogP contribution is -2.38. The van der Waals surface area contributed by atoms with Crippen LogP contribution in [0.25, 0.3) is 0 Å². The van der Waals surface area contributed by atoms with Crippen LogP contribution in [0, 0.1) is 11.3 Å². The van der Waals surface area contributed by atoms with E-state index in [9.17, 15) is 14.7 Å². The van der Waals surface area contributed by atoms with Gasteiger partial charge in [0.15, 0.2) is 0 Å². The van der Waals surface area contributed by atoms with Gasteiger partial charge in [-0.05, 0) is 30.9 Å². The van der Waals surface area contributed by atoms with Crippen molar-refractivity contribution in [1.82, 2.24) is 9.88 Å². The molecule has 1 aromatic rings. The van der Waals surface area contributed by atoms with Gasteiger partial charge in [0, 0.05) is 27.2 Å². The Morgan fingerprint density at radius 3 is 2.87 bits per heavy atom. The maximum atomic E-state index is 12.5. The minimum atomic E-state index is -0.775. The van der Waals surface area contributed by atoms with E-state index in [1.54, 1.807) is 11.0 Å². The summed E-state index contributed by atoms with van der Waals surface area (Å²) in [6.45, 7) is 0.789. The second-order valence-corrected chi connectivity index (χ2v) is 6.64. The number of nitrogens with zero attached hydrogens (tertiary/aromatic N) is 3. The number of carbonyl (C=O) groups excluding carboxylic acids is 1. The quantitative estimate of drug-likeness (QED) is 0.888. The van der Waals surface area contributed by atoms with Crippen LogP contribution in [-0.2, 0) is 4.79 Å². The number of rotatable bonds is 3. The Bertz CT molecular complexity index is 634. The van der Waals surface area contributed by atoms with Gasteiger partial charge in [0.1, 0.15) is 11.6 Å². The molecule has 1 saturated carbocycles. The summed E-state index contributed by atoms with van der Waals surface area (Å²) in [5.41, 5.74) is -0.754. The fraction of sp³-hybridized carbons (Fsp3) is 0.562. The molecule has 1 aliphatic heterocycles. The summed E-state index contributed by atoms with van der Waals surface area (Å²) in [5, 5.41) is 12.4. The number of carbonyl (C=O) groups is 2. The maximum Gasteiger partial charge on any atom is 0.323 e. The number of carboxylic acid groups (broad SMARTS) is 1. The van der Waals surface area contributed by atoms with Crippen molar-refractivity contribution >= 4 is 23.6 Å². The van der Waals surface area contributed by atoms with E-state index in [1.807, 2.05) is 31.1 Å². The van der Waals surface area contributed by atoms with Gasteiger partial charge in [-0.1, -0.05) is 12.5 Å². The standard InChI is InChI=1S/C16H22N4O3/c1-19(2)13-7-3-6-12(17-13)18-15(23)20-9-11-5-4-8-16(11,10-20)14(21)22/h3,6-7,11H,4-5,8-10H2,1-2H3,(H,21,22)(H,17,18,23)/t11-,16+/m0/s1. The SMILES string of the molecule is CN(C)c1cccc(NC(=O)N2C[C@@H]3CCC[C@@]3(C(=O)O)C2)n1. The number of fused-ring (bicyclic) bond motifs is 1. The van der Waals surface area contributed by atoms with Gasteiger partial charge in [0.25, 0.3) is 0 Å². The summed E-state index contributed by atoms with van der Waals surface area (Å²) >= 11 is 0. The molecule has 2 amide bonds. The maximum absolute atomic E-state index is 12.5. The molecule has 0 bridgehead atoms. The van der Waals surface area contributed by atoms with Crippen LogP contribution in [0.15, 0.2) is 18.2 Å². The van der Waals surface area contributed by atoms with E-state index in [2.05, 4.69) is 10.3 Å². The molecule has 1 aromatic heterocycles. The summed E-state index contributed by atoms with van der Waals surface area (Å²) in [4.78, 5) is 32.0. The van der Waals surface area contributed by atoms with Crippen molar-refractivity contribution in [2.45, 2.75) is 19.3 Å². The minimum Gasteiger partial charge on any atom is -0.481 e. The minimum absolute atomic E-state index is 0.0619. The lowest BCUT2D eigenvalue weighted by atomic mass is 9.81. The highest BCUT2D eigenvalue weighted by atomic mass is 16.4. The first-order valence-corrected chi connectivity index (χ1v) is 7.86. The first kappa shape index (κ1) is 15.6. The molecule has 2 atom stereocenters.